The zero-order valence-electron chi connectivity index (χ0n) is 13.8. The molecule has 2 N–H and O–H groups in total. The first kappa shape index (κ1) is 17.9. The average Bonchev–Trinajstić information content (AvgIpc) is 2.55. The van der Waals surface area contributed by atoms with Gasteiger partial charge < -0.3 is 15.4 Å². The standard InChI is InChI=1S/C16H16N4O5/c1-9-13(7-12(8-17-9)20(23)24)16(22)19-11-4-5-14(18-10(2)21)15(6-11)25-3/h4-8H,1-3H3,(H,18,21)(H,19,22). The highest BCUT2D eigenvalue weighted by atomic mass is 16.6. The van der Waals surface area contributed by atoms with E-state index in [1.54, 1.807) is 19.1 Å². The molecule has 0 saturated heterocycles. The number of amides is 2. The van der Waals surface area contributed by atoms with Crippen LogP contribution < -0.4 is 15.4 Å². The van der Waals surface area contributed by atoms with Gasteiger partial charge in [0.05, 0.1) is 29.0 Å². The van der Waals surface area contributed by atoms with E-state index >= 15 is 0 Å². The summed E-state index contributed by atoms with van der Waals surface area (Å²) in [6.45, 7) is 2.95. The second kappa shape index (κ2) is 7.39. The van der Waals surface area contributed by atoms with E-state index in [1.165, 1.54) is 26.2 Å². The fourth-order valence-electron chi connectivity index (χ4n) is 2.11. The Balaban J connectivity index is 2.27. The summed E-state index contributed by atoms with van der Waals surface area (Å²) < 4.78 is 5.18. The molecule has 1 aromatic heterocycles. The molecule has 0 fully saturated rings. The van der Waals surface area contributed by atoms with Gasteiger partial charge in [-0.2, -0.15) is 0 Å². The van der Waals surface area contributed by atoms with Crippen LogP contribution in [-0.4, -0.2) is 28.8 Å². The van der Waals surface area contributed by atoms with Crippen molar-refractivity contribution in [2.75, 3.05) is 17.7 Å². The lowest BCUT2D eigenvalue weighted by molar-refractivity contribution is -0.385. The summed E-state index contributed by atoms with van der Waals surface area (Å²) in [5.74, 6) is -0.432. The lowest BCUT2D eigenvalue weighted by atomic mass is 10.1. The molecule has 0 saturated carbocycles. The molecule has 0 unspecified atom stereocenters. The summed E-state index contributed by atoms with van der Waals surface area (Å²) in [6.07, 6.45) is 1.09. The number of benzene rings is 1. The molecular formula is C16H16N4O5. The number of aryl methyl sites for hydroxylation is 1. The van der Waals surface area contributed by atoms with Gasteiger partial charge >= 0.3 is 0 Å². The smallest absolute Gasteiger partial charge is 0.288 e. The van der Waals surface area contributed by atoms with E-state index < -0.39 is 10.8 Å². The Morgan fingerprint density at radius 3 is 2.56 bits per heavy atom. The van der Waals surface area contributed by atoms with Gasteiger partial charge in [0, 0.05) is 24.7 Å². The Labute approximate surface area is 143 Å². The number of carbonyl (C=O) groups excluding carboxylic acids is 2. The van der Waals surface area contributed by atoms with E-state index in [0.717, 1.165) is 6.20 Å². The molecule has 2 amide bonds. The monoisotopic (exact) mass is 344 g/mol. The molecule has 1 aromatic carbocycles. The second-order valence-corrected chi connectivity index (χ2v) is 5.13. The number of nitrogens with one attached hydrogen (secondary N) is 2. The molecule has 0 radical (unpaired) electrons. The molecule has 1 heterocycles. The number of nitrogens with zero attached hydrogens (tertiary/aromatic N) is 2. The first-order valence-electron chi connectivity index (χ1n) is 7.20. The van der Waals surface area contributed by atoms with Crippen molar-refractivity contribution in [2.45, 2.75) is 13.8 Å². The molecule has 0 bridgehead atoms. The van der Waals surface area contributed by atoms with Crippen LogP contribution in [0.1, 0.15) is 23.0 Å². The van der Waals surface area contributed by atoms with E-state index in [1.807, 2.05) is 0 Å². The molecule has 9 nitrogen and oxygen atoms in total. The van der Waals surface area contributed by atoms with Crippen molar-refractivity contribution in [2.24, 2.45) is 0 Å². The third kappa shape index (κ3) is 4.28. The van der Waals surface area contributed by atoms with Crippen LogP contribution in [0.25, 0.3) is 0 Å². The van der Waals surface area contributed by atoms with E-state index in [2.05, 4.69) is 15.6 Å². The van der Waals surface area contributed by atoms with E-state index in [4.69, 9.17) is 4.74 Å². The van der Waals surface area contributed by atoms with Crippen LogP contribution in [0.15, 0.2) is 30.5 Å². The van der Waals surface area contributed by atoms with Crippen LogP contribution >= 0.6 is 0 Å². The van der Waals surface area contributed by atoms with E-state index in [-0.39, 0.29) is 17.2 Å². The summed E-state index contributed by atoms with van der Waals surface area (Å²) in [5, 5.41) is 16.1. The first-order valence-corrected chi connectivity index (χ1v) is 7.20. The fraction of sp³-hybridized carbons (Fsp3) is 0.188. The quantitative estimate of drug-likeness (QED) is 0.634. The molecule has 2 aromatic rings. The van der Waals surface area contributed by atoms with Gasteiger partial charge in [0.1, 0.15) is 11.9 Å². The lowest BCUT2D eigenvalue weighted by Crippen LogP contribution is -2.15. The highest BCUT2D eigenvalue weighted by Crippen LogP contribution is 2.28. The average molecular weight is 344 g/mol. The normalized spacial score (nSPS) is 10.0. The summed E-state index contributed by atoms with van der Waals surface area (Å²) in [7, 11) is 1.43. The predicted octanol–water partition coefficient (Wildman–Crippen LogP) is 2.52. The number of ether oxygens (including phenoxy) is 1. The SMILES string of the molecule is COc1cc(NC(=O)c2cc([N+](=O)[O-])cnc2C)ccc1NC(C)=O. The Bertz CT molecular complexity index is 850. The van der Waals surface area contributed by atoms with Crippen LogP contribution in [0.4, 0.5) is 17.1 Å². The zero-order chi connectivity index (χ0) is 18.6. The van der Waals surface area contributed by atoms with Crippen molar-refractivity contribution >= 4 is 28.9 Å². The van der Waals surface area contributed by atoms with Gasteiger partial charge in [0.2, 0.25) is 5.91 Å². The van der Waals surface area contributed by atoms with Crippen molar-refractivity contribution in [3.05, 3.63) is 51.8 Å². The molecule has 0 aliphatic carbocycles. The van der Waals surface area contributed by atoms with E-state index in [9.17, 15) is 19.7 Å². The minimum absolute atomic E-state index is 0.0964. The van der Waals surface area contributed by atoms with Crippen LogP contribution in [0, 0.1) is 17.0 Å². The summed E-state index contributed by atoms with van der Waals surface area (Å²) >= 11 is 0. The number of anilines is 2. The summed E-state index contributed by atoms with van der Waals surface area (Å²) in [5.41, 5.74) is 1.06. The maximum absolute atomic E-state index is 12.4. The number of rotatable bonds is 5. The number of hydrogen-bond acceptors (Lipinski definition) is 6. The number of hydrogen-bond donors (Lipinski definition) is 2. The third-order valence-corrected chi connectivity index (χ3v) is 3.30. The highest BCUT2D eigenvalue weighted by molar-refractivity contribution is 6.05. The van der Waals surface area contributed by atoms with Crippen molar-refractivity contribution in [1.29, 1.82) is 0 Å². The van der Waals surface area contributed by atoms with Gasteiger partial charge in [0.15, 0.2) is 0 Å². The zero-order valence-corrected chi connectivity index (χ0v) is 13.8. The molecule has 2 rings (SSSR count). The fourth-order valence-corrected chi connectivity index (χ4v) is 2.11. The van der Waals surface area contributed by atoms with E-state index in [0.29, 0.717) is 22.8 Å². The van der Waals surface area contributed by atoms with Gasteiger partial charge in [-0.1, -0.05) is 0 Å². The Morgan fingerprint density at radius 1 is 1.24 bits per heavy atom. The second-order valence-electron chi connectivity index (χ2n) is 5.13. The molecule has 0 aliphatic heterocycles. The van der Waals surface area contributed by atoms with Gasteiger partial charge in [-0.25, -0.2) is 0 Å². The first-order chi connectivity index (χ1) is 11.8. The minimum Gasteiger partial charge on any atom is -0.494 e. The van der Waals surface area contributed by atoms with Crippen LogP contribution in [0.5, 0.6) is 5.75 Å². The Kier molecular flexibility index (Phi) is 5.28. The summed E-state index contributed by atoms with van der Waals surface area (Å²) in [4.78, 5) is 37.6. The summed E-state index contributed by atoms with van der Waals surface area (Å²) in [6, 6.07) is 5.85. The number of pyridine rings is 1. The van der Waals surface area contributed by atoms with Crippen molar-refractivity contribution in [1.82, 2.24) is 4.98 Å². The molecule has 0 aliphatic rings. The minimum atomic E-state index is -0.617. The Hall–Kier alpha value is -3.49. The number of carbonyl (C=O) groups is 2. The Morgan fingerprint density at radius 2 is 1.96 bits per heavy atom. The van der Waals surface area contributed by atoms with Crippen LogP contribution in [-0.2, 0) is 4.79 Å². The number of methoxy groups -OCH3 is 1. The molecule has 25 heavy (non-hydrogen) atoms. The molecule has 130 valence electrons. The predicted molar refractivity (Wildman–Crippen MR) is 90.9 cm³/mol. The molecular weight excluding hydrogens is 328 g/mol. The topological polar surface area (TPSA) is 123 Å². The molecule has 0 spiro atoms. The highest BCUT2D eigenvalue weighted by Gasteiger charge is 2.16. The van der Waals surface area contributed by atoms with Gasteiger partial charge in [-0.05, 0) is 19.1 Å². The maximum Gasteiger partial charge on any atom is 0.288 e. The number of aromatic nitrogens is 1. The van der Waals surface area contributed by atoms with Crippen molar-refractivity contribution in [3.8, 4) is 5.75 Å². The van der Waals surface area contributed by atoms with Crippen LogP contribution in [0.2, 0.25) is 0 Å². The number of nitro groups is 1. The largest absolute Gasteiger partial charge is 0.494 e. The van der Waals surface area contributed by atoms with Crippen molar-refractivity contribution < 1.29 is 19.2 Å². The third-order valence-electron chi connectivity index (χ3n) is 3.30. The lowest BCUT2D eigenvalue weighted by Gasteiger charge is -2.12. The maximum atomic E-state index is 12.4. The van der Waals surface area contributed by atoms with Gasteiger partial charge in [-0.3, -0.25) is 24.7 Å². The molecule has 0 atom stereocenters. The van der Waals surface area contributed by atoms with Gasteiger partial charge in [0.25, 0.3) is 11.6 Å². The molecule has 9 heteroatoms. The van der Waals surface area contributed by atoms with Crippen LogP contribution in [0.3, 0.4) is 0 Å². The van der Waals surface area contributed by atoms with Gasteiger partial charge in [-0.15, -0.1) is 0 Å². The van der Waals surface area contributed by atoms with Crippen molar-refractivity contribution in [3.63, 3.8) is 0 Å².